The fourth-order valence-electron chi connectivity index (χ4n) is 2.74. The van der Waals surface area contributed by atoms with Crippen LogP contribution in [0, 0.1) is 12.8 Å². The molecular formula is C15H18N2O3. The average molecular weight is 274 g/mol. The minimum Gasteiger partial charge on any atom is -0.389 e. The number of hydrogen-bond donors (Lipinski definition) is 1. The molecule has 2 saturated heterocycles. The molecule has 1 atom stereocenters. The number of carbonyl (C=O) groups excluding carboxylic acids is 2. The SMILES string of the molecule is Cc1ccc(N2CC(C(=O)N3CC(O)C3)CC2=O)cc1. The van der Waals surface area contributed by atoms with Crippen molar-refractivity contribution in [1.29, 1.82) is 0 Å². The van der Waals surface area contributed by atoms with Crippen LogP contribution in [-0.4, -0.2) is 47.6 Å². The first-order chi connectivity index (χ1) is 9.54. The van der Waals surface area contributed by atoms with Crippen LogP contribution in [0.3, 0.4) is 0 Å². The molecule has 1 aromatic carbocycles. The van der Waals surface area contributed by atoms with Crippen molar-refractivity contribution < 1.29 is 14.7 Å². The number of carbonyl (C=O) groups is 2. The van der Waals surface area contributed by atoms with Crippen molar-refractivity contribution >= 4 is 17.5 Å². The first kappa shape index (κ1) is 13.1. The minimum atomic E-state index is -0.399. The van der Waals surface area contributed by atoms with Gasteiger partial charge in [-0.05, 0) is 19.1 Å². The van der Waals surface area contributed by atoms with E-state index >= 15 is 0 Å². The van der Waals surface area contributed by atoms with Gasteiger partial charge in [0, 0.05) is 31.7 Å². The molecule has 1 aromatic rings. The third kappa shape index (κ3) is 2.29. The summed E-state index contributed by atoms with van der Waals surface area (Å²) in [4.78, 5) is 27.6. The van der Waals surface area contributed by atoms with Crippen LogP contribution in [0.4, 0.5) is 5.69 Å². The topological polar surface area (TPSA) is 60.9 Å². The molecule has 3 rings (SSSR count). The Hall–Kier alpha value is -1.88. The van der Waals surface area contributed by atoms with Crippen LogP contribution in [0.1, 0.15) is 12.0 Å². The Morgan fingerprint density at radius 2 is 1.85 bits per heavy atom. The lowest BCUT2D eigenvalue weighted by Gasteiger charge is -2.37. The van der Waals surface area contributed by atoms with Gasteiger partial charge in [0.1, 0.15) is 0 Å². The van der Waals surface area contributed by atoms with Gasteiger partial charge in [-0.2, -0.15) is 0 Å². The van der Waals surface area contributed by atoms with Crippen molar-refractivity contribution in [3.8, 4) is 0 Å². The molecule has 2 fully saturated rings. The summed E-state index contributed by atoms with van der Waals surface area (Å²) in [6.07, 6.45) is -0.136. The number of aliphatic hydroxyl groups excluding tert-OH is 1. The van der Waals surface area contributed by atoms with E-state index in [1.54, 1.807) is 9.80 Å². The van der Waals surface area contributed by atoms with E-state index in [-0.39, 0.29) is 24.2 Å². The summed E-state index contributed by atoms with van der Waals surface area (Å²) in [7, 11) is 0. The molecule has 2 aliphatic rings. The fourth-order valence-corrected chi connectivity index (χ4v) is 2.74. The predicted molar refractivity (Wildman–Crippen MR) is 74.2 cm³/mol. The summed E-state index contributed by atoms with van der Waals surface area (Å²) < 4.78 is 0. The summed E-state index contributed by atoms with van der Waals surface area (Å²) in [5.74, 6) is -0.303. The molecule has 1 N–H and O–H groups in total. The number of anilines is 1. The van der Waals surface area contributed by atoms with E-state index in [1.807, 2.05) is 31.2 Å². The van der Waals surface area contributed by atoms with Gasteiger partial charge in [0.05, 0.1) is 12.0 Å². The molecule has 0 aromatic heterocycles. The van der Waals surface area contributed by atoms with Gasteiger partial charge in [-0.25, -0.2) is 0 Å². The molecule has 5 nitrogen and oxygen atoms in total. The molecule has 0 bridgehead atoms. The molecule has 0 radical (unpaired) electrons. The first-order valence-electron chi connectivity index (χ1n) is 6.88. The molecular weight excluding hydrogens is 256 g/mol. The molecule has 1 unspecified atom stereocenters. The Kier molecular flexibility index (Phi) is 3.22. The van der Waals surface area contributed by atoms with E-state index in [2.05, 4.69) is 0 Å². The van der Waals surface area contributed by atoms with Crippen molar-refractivity contribution in [2.45, 2.75) is 19.4 Å². The van der Waals surface area contributed by atoms with Gasteiger partial charge in [-0.3, -0.25) is 9.59 Å². The summed E-state index contributed by atoms with van der Waals surface area (Å²) in [5, 5.41) is 9.25. The van der Waals surface area contributed by atoms with Crippen LogP contribution < -0.4 is 4.90 Å². The minimum absolute atomic E-state index is 0.00623. The van der Waals surface area contributed by atoms with Crippen LogP contribution in [0.5, 0.6) is 0 Å². The van der Waals surface area contributed by atoms with E-state index < -0.39 is 6.10 Å². The molecule has 20 heavy (non-hydrogen) atoms. The maximum atomic E-state index is 12.2. The van der Waals surface area contributed by atoms with Crippen LogP contribution in [0.25, 0.3) is 0 Å². The highest BCUT2D eigenvalue weighted by molar-refractivity contribution is 6.00. The maximum absolute atomic E-state index is 12.2. The standard InChI is InChI=1S/C15H18N2O3/c1-10-2-4-12(5-3-10)17-7-11(6-14(17)19)15(20)16-8-13(18)9-16/h2-5,11,13,18H,6-9H2,1H3. The van der Waals surface area contributed by atoms with Crippen LogP contribution in [0.15, 0.2) is 24.3 Å². The zero-order valence-electron chi connectivity index (χ0n) is 11.5. The van der Waals surface area contributed by atoms with Crippen molar-refractivity contribution in [3.63, 3.8) is 0 Å². The predicted octanol–water partition coefficient (Wildman–Crippen LogP) is 0.551. The van der Waals surface area contributed by atoms with E-state index in [0.717, 1.165) is 11.3 Å². The number of hydrogen-bond acceptors (Lipinski definition) is 3. The number of aryl methyl sites for hydroxylation is 1. The Morgan fingerprint density at radius 3 is 2.45 bits per heavy atom. The van der Waals surface area contributed by atoms with E-state index in [4.69, 9.17) is 0 Å². The average Bonchev–Trinajstić information content (AvgIpc) is 2.77. The van der Waals surface area contributed by atoms with Gasteiger partial charge in [-0.1, -0.05) is 17.7 Å². The molecule has 5 heteroatoms. The Labute approximate surface area is 117 Å². The van der Waals surface area contributed by atoms with Gasteiger partial charge in [0.25, 0.3) is 0 Å². The lowest BCUT2D eigenvalue weighted by atomic mass is 10.0. The number of benzene rings is 1. The lowest BCUT2D eigenvalue weighted by Crippen LogP contribution is -2.55. The molecule has 2 amide bonds. The third-order valence-electron chi connectivity index (χ3n) is 3.99. The summed E-state index contributed by atoms with van der Waals surface area (Å²) >= 11 is 0. The van der Waals surface area contributed by atoms with Crippen LogP contribution in [-0.2, 0) is 9.59 Å². The number of aliphatic hydroxyl groups is 1. The maximum Gasteiger partial charge on any atom is 0.228 e. The van der Waals surface area contributed by atoms with Crippen molar-refractivity contribution in [1.82, 2.24) is 4.90 Å². The summed E-state index contributed by atoms with van der Waals surface area (Å²) in [5.41, 5.74) is 1.99. The van der Waals surface area contributed by atoms with Gasteiger partial charge in [0.15, 0.2) is 0 Å². The Bertz CT molecular complexity index is 535. The van der Waals surface area contributed by atoms with E-state index in [9.17, 15) is 14.7 Å². The van der Waals surface area contributed by atoms with Crippen molar-refractivity contribution in [2.24, 2.45) is 5.92 Å². The summed E-state index contributed by atoms with van der Waals surface area (Å²) in [6.45, 7) is 3.23. The highest BCUT2D eigenvalue weighted by Gasteiger charge is 2.40. The van der Waals surface area contributed by atoms with Gasteiger partial charge in [0.2, 0.25) is 11.8 Å². The van der Waals surface area contributed by atoms with Gasteiger partial charge >= 0.3 is 0 Å². The van der Waals surface area contributed by atoms with Crippen molar-refractivity contribution in [2.75, 3.05) is 24.5 Å². The second-order valence-electron chi connectivity index (χ2n) is 5.64. The van der Waals surface area contributed by atoms with Gasteiger partial charge < -0.3 is 14.9 Å². The molecule has 0 spiro atoms. The number of β-amino-alcohol motifs (C(OH)–C–C–N with tert-alkyl or cyclic N) is 1. The third-order valence-corrected chi connectivity index (χ3v) is 3.99. The molecule has 0 saturated carbocycles. The van der Waals surface area contributed by atoms with Gasteiger partial charge in [-0.15, -0.1) is 0 Å². The monoisotopic (exact) mass is 274 g/mol. The molecule has 2 heterocycles. The number of nitrogens with zero attached hydrogens (tertiary/aromatic N) is 2. The highest BCUT2D eigenvalue weighted by atomic mass is 16.3. The van der Waals surface area contributed by atoms with E-state index in [1.165, 1.54) is 0 Å². The van der Waals surface area contributed by atoms with E-state index in [0.29, 0.717) is 19.6 Å². The molecule has 0 aliphatic carbocycles. The largest absolute Gasteiger partial charge is 0.389 e. The second-order valence-corrected chi connectivity index (χ2v) is 5.64. The smallest absolute Gasteiger partial charge is 0.228 e. The molecule has 106 valence electrons. The lowest BCUT2D eigenvalue weighted by molar-refractivity contribution is -0.145. The molecule has 2 aliphatic heterocycles. The van der Waals surface area contributed by atoms with Crippen LogP contribution in [0.2, 0.25) is 0 Å². The first-order valence-corrected chi connectivity index (χ1v) is 6.88. The quantitative estimate of drug-likeness (QED) is 0.857. The zero-order chi connectivity index (χ0) is 14.3. The Morgan fingerprint density at radius 1 is 1.20 bits per heavy atom. The zero-order valence-corrected chi connectivity index (χ0v) is 11.5. The number of amides is 2. The summed E-state index contributed by atoms with van der Waals surface area (Å²) in [6, 6.07) is 7.74. The normalized spacial score (nSPS) is 23.1. The van der Waals surface area contributed by atoms with Crippen molar-refractivity contribution in [3.05, 3.63) is 29.8 Å². The fraction of sp³-hybridized carbons (Fsp3) is 0.467. The highest BCUT2D eigenvalue weighted by Crippen LogP contribution is 2.27. The number of rotatable bonds is 2. The second kappa shape index (κ2) is 4.90. The number of likely N-dealkylation sites (tertiary alicyclic amines) is 1. The Balaban J connectivity index is 1.69. The van der Waals surface area contributed by atoms with Crippen LogP contribution >= 0.6 is 0 Å².